The average molecular weight is 330 g/mol. The molecule has 1 unspecified atom stereocenters. The molecule has 1 atom stereocenters. The Hall–Kier alpha value is -0.450. The molecule has 0 aliphatic heterocycles. The van der Waals surface area contributed by atoms with Crippen LogP contribution >= 0.6 is 15.9 Å². The fraction of sp³-hybridized carbons (Fsp3) is 0.600. The number of rotatable bonds is 6. The molecule has 0 heterocycles. The molecule has 0 saturated heterocycles. The molecule has 1 fully saturated rings. The summed E-state index contributed by atoms with van der Waals surface area (Å²) in [6.45, 7) is 2.98. The van der Waals surface area contributed by atoms with Gasteiger partial charge in [-0.15, -0.1) is 0 Å². The summed E-state index contributed by atoms with van der Waals surface area (Å²) in [5, 5.41) is 3.50. The minimum absolute atomic E-state index is 0.0816. The van der Waals surface area contributed by atoms with Crippen LogP contribution in [0.1, 0.15) is 31.7 Å². The molecule has 2 rings (SSSR count). The van der Waals surface area contributed by atoms with Crippen molar-refractivity contribution in [1.82, 2.24) is 5.32 Å². The monoisotopic (exact) mass is 329 g/mol. The lowest BCUT2D eigenvalue weighted by Crippen LogP contribution is -2.57. The molecular formula is C15H21BrFNO. The summed E-state index contributed by atoms with van der Waals surface area (Å²) in [5.41, 5.74) is 0.913. The minimum atomic E-state index is -0.201. The second kappa shape index (κ2) is 6.33. The first-order valence-electron chi connectivity index (χ1n) is 6.84. The molecule has 1 aliphatic carbocycles. The molecule has 4 heteroatoms. The highest BCUT2D eigenvalue weighted by Crippen LogP contribution is 2.39. The molecule has 0 bridgehead atoms. The average Bonchev–Trinajstić information content (AvgIpc) is 2.34. The third-order valence-corrected chi connectivity index (χ3v) is 5.04. The molecule has 106 valence electrons. The fourth-order valence-electron chi connectivity index (χ4n) is 2.84. The van der Waals surface area contributed by atoms with Crippen molar-refractivity contribution < 1.29 is 9.13 Å². The third-order valence-electron chi connectivity index (χ3n) is 4.15. The predicted molar refractivity (Wildman–Crippen MR) is 78.9 cm³/mol. The summed E-state index contributed by atoms with van der Waals surface area (Å²) in [6, 6.07) is 5.44. The molecule has 1 aliphatic rings. The van der Waals surface area contributed by atoms with Crippen molar-refractivity contribution in [2.24, 2.45) is 0 Å². The molecule has 1 saturated carbocycles. The maximum atomic E-state index is 13.6. The van der Waals surface area contributed by atoms with E-state index in [1.807, 2.05) is 6.07 Å². The van der Waals surface area contributed by atoms with Gasteiger partial charge in [-0.3, -0.25) is 0 Å². The van der Waals surface area contributed by atoms with Gasteiger partial charge in [-0.05, 0) is 59.8 Å². The Bertz CT molecular complexity index is 429. The zero-order valence-corrected chi connectivity index (χ0v) is 13.1. The van der Waals surface area contributed by atoms with E-state index >= 15 is 0 Å². The van der Waals surface area contributed by atoms with Gasteiger partial charge in [0.25, 0.3) is 0 Å². The summed E-state index contributed by atoms with van der Waals surface area (Å²) in [7, 11) is 1.78. The van der Waals surface area contributed by atoms with Crippen LogP contribution in [0.25, 0.3) is 0 Å². The Morgan fingerprint density at radius 3 is 2.74 bits per heavy atom. The van der Waals surface area contributed by atoms with E-state index < -0.39 is 0 Å². The predicted octanol–water partition coefficient (Wildman–Crippen LogP) is 3.68. The van der Waals surface area contributed by atoms with Crippen LogP contribution in [-0.4, -0.2) is 25.3 Å². The van der Waals surface area contributed by atoms with Crippen LogP contribution in [0.5, 0.6) is 0 Å². The fourth-order valence-corrected chi connectivity index (χ4v) is 3.26. The highest BCUT2D eigenvalue weighted by atomic mass is 79.9. The number of hydrogen-bond acceptors (Lipinski definition) is 2. The van der Waals surface area contributed by atoms with Gasteiger partial charge < -0.3 is 10.1 Å². The summed E-state index contributed by atoms with van der Waals surface area (Å²) < 4.78 is 19.9. The number of nitrogens with one attached hydrogen (secondary N) is 1. The normalized spacial score (nSPS) is 18.9. The number of halogens is 2. The molecule has 0 amide bonds. The Morgan fingerprint density at radius 2 is 2.21 bits per heavy atom. The van der Waals surface area contributed by atoms with Crippen LogP contribution in [0.15, 0.2) is 22.7 Å². The van der Waals surface area contributed by atoms with Gasteiger partial charge in [0.05, 0.1) is 10.1 Å². The highest BCUT2D eigenvalue weighted by molar-refractivity contribution is 9.10. The highest BCUT2D eigenvalue weighted by Gasteiger charge is 2.44. The van der Waals surface area contributed by atoms with Crippen molar-refractivity contribution in [3.63, 3.8) is 0 Å². The van der Waals surface area contributed by atoms with Gasteiger partial charge in [0, 0.05) is 13.2 Å². The van der Waals surface area contributed by atoms with Crippen LogP contribution in [0.2, 0.25) is 0 Å². The smallest absolute Gasteiger partial charge is 0.137 e. The van der Waals surface area contributed by atoms with Crippen molar-refractivity contribution in [3.8, 4) is 0 Å². The van der Waals surface area contributed by atoms with Crippen molar-refractivity contribution in [3.05, 3.63) is 34.1 Å². The number of methoxy groups -OCH3 is 1. The SMILES string of the molecule is CCNC(Cc1cccc(F)c1Br)C1(OC)CCC1. The van der Waals surface area contributed by atoms with Crippen molar-refractivity contribution in [1.29, 1.82) is 0 Å². The maximum Gasteiger partial charge on any atom is 0.137 e. The lowest BCUT2D eigenvalue weighted by Gasteiger charge is -2.47. The lowest BCUT2D eigenvalue weighted by molar-refractivity contribution is -0.0978. The van der Waals surface area contributed by atoms with E-state index in [1.54, 1.807) is 13.2 Å². The van der Waals surface area contributed by atoms with Gasteiger partial charge in [0.15, 0.2) is 0 Å². The van der Waals surface area contributed by atoms with Gasteiger partial charge >= 0.3 is 0 Å². The summed E-state index contributed by atoms with van der Waals surface area (Å²) in [6.07, 6.45) is 4.14. The summed E-state index contributed by atoms with van der Waals surface area (Å²) in [5.74, 6) is -0.201. The van der Waals surface area contributed by atoms with E-state index in [-0.39, 0.29) is 17.5 Å². The molecule has 0 spiro atoms. The summed E-state index contributed by atoms with van der Waals surface area (Å²) in [4.78, 5) is 0. The maximum absolute atomic E-state index is 13.6. The minimum Gasteiger partial charge on any atom is -0.377 e. The van der Waals surface area contributed by atoms with E-state index in [0.29, 0.717) is 4.47 Å². The Balaban J connectivity index is 2.19. The largest absolute Gasteiger partial charge is 0.377 e. The number of hydrogen-bond donors (Lipinski definition) is 1. The van der Waals surface area contributed by atoms with E-state index in [1.165, 1.54) is 12.5 Å². The van der Waals surface area contributed by atoms with Crippen LogP contribution < -0.4 is 5.32 Å². The second-order valence-corrected chi connectivity index (χ2v) is 5.94. The van der Waals surface area contributed by atoms with Gasteiger partial charge in [0.1, 0.15) is 5.82 Å². The molecule has 0 radical (unpaired) electrons. The van der Waals surface area contributed by atoms with E-state index in [9.17, 15) is 4.39 Å². The standard InChI is InChI=1S/C15H21BrFNO/c1-3-18-13(15(19-2)8-5-9-15)10-11-6-4-7-12(17)14(11)16/h4,6-7,13,18H,3,5,8-10H2,1-2H3. The van der Waals surface area contributed by atoms with Gasteiger partial charge in [-0.1, -0.05) is 19.1 Å². The third kappa shape index (κ3) is 3.01. The van der Waals surface area contributed by atoms with E-state index in [2.05, 4.69) is 28.2 Å². The second-order valence-electron chi connectivity index (χ2n) is 5.15. The molecule has 1 N–H and O–H groups in total. The first-order chi connectivity index (χ1) is 9.13. The lowest BCUT2D eigenvalue weighted by atomic mass is 9.72. The Kier molecular flexibility index (Phi) is 4.98. The Labute approximate surface area is 122 Å². The van der Waals surface area contributed by atoms with Gasteiger partial charge in [0.2, 0.25) is 0 Å². The topological polar surface area (TPSA) is 21.3 Å². The van der Waals surface area contributed by atoms with Crippen LogP contribution in [0.4, 0.5) is 4.39 Å². The van der Waals surface area contributed by atoms with E-state index in [4.69, 9.17) is 4.74 Å². The van der Waals surface area contributed by atoms with Crippen LogP contribution in [0.3, 0.4) is 0 Å². The van der Waals surface area contributed by atoms with E-state index in [0.717, 1.165) is 31.4 Å². The zero-order valence-electron chi connectivity index (χ0n) is 11.5. The first-order valence-corrected chi connectivity index (χ1v) is 7.63. The first kappa shape index (κ1) is 14.9. The van der Waals surface area contributed by atoms with Crippen molar-refractivity contribution >= 4 is 15.9 Å². The Morgan fingerprint density at radius 1 is 1.47 bits per heavy atom. The van der Waals surface area contributed by atoms with Crippen molar-refractivity contribution in [2.75, 3.05) is 13.7 Å². The van der Waals surface area contributed by atoms with Gasteiger partial charge in [-0.25, -0.2) is 4.39 Å². The molecule has 1 aromatic rings. The van der Waals surface area contributed by atoms with Crippen molar-refractivity contribution in [2.45, 2.75) is 44.2 Å². The number of benzene rings is 1. The summed E-state index contributed by atoms with van der Waals surface area (Å²) >= 11 is 3.34. The molecular weight excluding hydrogens is 309 g/mol. The zero-order chi connectivity index (χ0) is 13.9. The number of ether oxygens (including phenoxy) is 1. The van der Waals surface area contributed by atoms with Gasteiger partial charge in [-0.2, -0.15) is 0 Å². The van der Waals surface area contributed by atoms with Crippen LogP contribution in [-0.2, 0) is 11.2 Å². The molecule has 19 heavy (non-hydrogen) atoms. The van der Waals surface area contributed by atoms with Crippen LogP contribution in [0, 0.1) is 5.82 Å². The molecule has 1 aromatic carbocycles. The molecule has 0 aromatic heterocycles. The quantitative estimate of drug-likeness (QED) is 0.859. The number of likely N-dealkylation sites (N-methyl/N-ethyl adjacent to an activating group) is 1. The molecule has 2 nitrogen and oxygen atoms in total.